The summed E-state index contributed by atoms with van der Waals surface area (Å²) in [5, 5.41) is 3.54. The van der Waals surface area contributed by atoms with E-state index in [2.05, 4.69) is 39.0 Å². The zero-order valence-corrected chi connectivity index (χ0v) is 12.3. The molecule has 2 heterocycles. The topological polar surface area (TPSA) is 58.9 Å². The molecule has 0 spiro atoms. The van der Waals surface area contributed by atoms with E-state index in [1.165, 1.54) is 0 Å². The van der Waals surface area contributed by atoms with Crippen molar-refractivity contribution in [2.75, 3.05) is 31.5 Å². The Kier molecular flexibility index (Phi) is 4.55. The minimum absolute atomic E-state index is 0.219. The van der Waals surface area contributed by atoms with E-state index in [-0.39, 0.29) is 5.28 Å². The van der Waals surface area contributed by atoms with Crippen molar-refractivity contribution in [1.29, 1.82) is 0 Å². The zero-order valence-electron chi connectivity index (χ0n) is 11.5. The largest absolute Gasteiger partial charge is 0.367 e. The van der Waals surface area contributed by atoms with Gasteiger partial charge in [-0.15, -0.1) is 0 Å². The van der Waals surface area contributed by atoms with Gasteiger partial charge in [-0.25, -0.2) is 4.98 Å². The van der Waals surface area contributed by atoms with Crippen LogP contribution in [0.5, 0.6) is 0 Å². The highest BCUT2D eigenvalue weighted by atomic mass is 35.5. The molecule has 0 atom stereocenters. The summed E-state index contributed by atoms with van der Waals surface area (Å²) in [5.74, 6) is 0.738. The molecule has 104 valence electrons. The molecule has 0 saturated heterocycles. The summed E-state index contributed by atoms with van der Waals surface area (Å²) in [5.41, 5.74) is 1.50. The molecule has 2 rings (SSSR count). The van der Waals surface area contributed by atoms with Crippen LogP contribution in [-0.4, -0.2) is 50.6 Å². The Labute approximate surface area is 117 Å². The van der Waals surface area contributed by atoms with Gasteiger partial charge in [-0.2, -0.15) is 9.97 Å². The first kappa shape index (κ1) is 14.0. The Morgan fingerprint density at radius 2 is 2.05 bits per heavy atom. The molecule has 0 fully saturated rings. The lowest BCUT2D eigenvalue weighted by Crippen LogP contribution is -2.28. The van der Waals surface area contributed by atoms with Gasteiger partial charge in [-0.05, 0) is 24.7 Å². The van der Waals surface area contributed by atoms with Crippen LogP contribution in [0.2, 0.25) is 5.28 Å². The molecule has 0 aliphatic heterocycles. The number of nitrogens with zero attached hydrogens (tertiary/aromatic N) is 5. The van der Waals surface area contributed by atoms with Crippen molar-refractivity contribution in [3.63, 3.8) is 0 Å². The fourth-order valence-corrected chi connectivity index (χ4v) is 2.19. The number of hydrogen-bond acceptors (Lipinski definition) is 5. The van der Waals surface area contributed by atoms with Gasteiger partial charge in [-0.1, -0.05) is 13.8 Å². The van der Waals surface area contributed by atoms with Crippen LogP contribution >= 0.6 is 11.6 Å². The van der Waals surface area contributed by atoms with E-state index in [4.69, 9.17) is 11.6 Å². The van der Waals surface area contributed by atoms with Gasteiger partial charge in [-0.3, -0.25) is 0 Å². The van der Waals surface area contributed by atoms with Gasteiger partial charge >= 0.3 is 0 Å². The second-order valence-electron chi connectivity index (χ2n) is 4.32. The third-order valence-electron chi connectivity index (χ3n) is 3.16. The Morgan fingerprint density at radius 1 is 1.32 bits per heavy atom. The zero-order chi connectivity index (χ0) is 13.8. The molecule has 0 radical (unpaired) electrons. The smallest absolute Gasteiger partial charge is 0.226 e. The van der Waals surface area contributed by atoms with Crippen LogP contribution in [0.1, 0.15) is 13.8 Å². The molecule has 0 aromatic carbocycles. The van der Waals surface area contributed by atoms with Gasteiger partial charge in [0.05, 0.1) is 6.33 Å². The number of aromatic nitrogens is 4. The van der Waals surface area contributed by atoms with Gasteiger partial charge in [0.15, 0.2) is 11.5 Å². The van der Waals surface area contributed by atoms with Gasteiger partial charge in [0.2, 0.25) is 5.28 Å². The van der Waals surface area contributed by atoms with Crippen LogP contribution in [0.3, 0.4) is 0 Å². The van der Waals surface area contributed by atoms with E-state index in [9.17, 15) is 0 Å². The normalized spacial score (nSPS) is 11.4. The Hall–Kier alpha value is -1.40. The summed E-state index contributed by atoms with van der Waals surface area (Å²) in [6.07, 6.45) is 1.71. The molecule has 0 aliphatic carbocycles. The summed E-state index contributed by atoms with van der Waals surface area (Å²) in [7, 11) is 1.92. The summed E-state index contributed by atoms with van der Waals surface area (Å²) in [4.78, 5) is 14.9. The molecular weight excluding hydrogens is 264 g/mol. The second-order valence-corrected chi connectivity index (χ2v) is 4.66. The number of hydrogen-bond donors (Lipinski definition) is 1. The lowest BCUT2D eigenvalue weighted by Gasteiger charge is -2.18. The molecule has 7 heteroatoms. The maximum absolute atomic E-state index is 5.91. The summed E-state index contributed by atoms with van der Waals surface area (Å²) in [6, 6.07) is 0. The molecule has 0 unspecified atom stereocenters. The number of imidazole rings is 1. The molecule has 0 bridgehead atoms. The number of rotatable bonds is 6. The van der Waals surface area contributed by atoms with E-state index in [1.807, 2.05) is 11.6 Å². The fourth-order valence-electron chi connectivity index (χ4n) is 2.03. The van der Waals surface area contributed by atoms with Crippen LogP contribution in [0.15, 0.2) is 6.33 Å². The van der Waals surface area contributed by atoms with Crippen molar-refractivity contribution >= 4 is 28.6 Å². The standard InChI is InChI=1S/C12H19ClN6/c1-4-19(5-2)7-6-14-10-9-11(15-8-18(9)3)17-12(13)16-10/h8H,4-7H2,1-3H3,(H,14,16,17). The van der Waals surface area contributed by atoms with Crippen LogP contribution in [0.4, 0.5) is 5.82 Å². The minimum Gasteiger partial charge on any atom is -0.367 e. The maximum Gasteiger partial charge on any atom is 0.226 e. The first-order chi connectivity index (χ1) is 9.15. The molecule has 1 N–H and O–H groups in total. The van der Waals surface area contributed by atoms with Crippen molar-refractivity contribution in [2.24, 2.45) is 7.05 Å². The van der Waals surface area contributed by atoms with Gasteiger partial charge in [0.1, 0.15) is 5.52 Å². The average molecular weight is 283 g/mol. The highest BCUT2D eigenvalue weighted by Gasteiger charge is 2.11. The predicted octanol–water partition coefficient (Wildman–Crippen LogP) is 1.77. The van der Waals surface area contributed by atoms with Crippen LogP contribution in [0, 0.1) is 0 Å². The number of fused-ring (bicyclic) bond motifs is 1. The molecule has 0 saturated carbocycles. The Morgan fingerprint density at radius 3 is 2.74 bits per heavy atom. The van der Waals surface area contributed by atoms with Crippen molar-refractivity contribution in [2.45, 2.75) is 13.8 Å². The number of aryl methyl sites for hydroxylation is 1. The minimum atomic E-state index is 0.219. The highest BCUT2D eigenvalue weighted by molar-refractivity contribution is 6.28. The number of likely N-dealkylation sites (N-methyl/N-ethyl adjacent to an activating group) is 1. The summed E-state index contributed by atoms with van der Waals surface area (Å²) < 4.78 is 1.89. The van der Waals surface area contributed by atoms with Crippen LogP contribution in [-0.2, 0) is 7.05 Å². The number of nitrogens with one attached hydrogen (secondary N) is 1. The van der Waals surface area contributed by atoms with Gasteiger partial charge in [0, 0.05) is 20.1 Å². The third-order valence-corrected chi connectivity index (χ3v) is 3.33. The fraction of sp³-hybridized carbons (Fsp3) is 0.583. The number of anilines is 1. The molecule has 6 nitrogen and oxygen atoms in total. The lowest BCUT2D eigenvalue weighted by atomic mass is 10.4. The predicted molar refractivity (Wildman–Crippen MR) is 77.6 cm³/mol. The monoisotopic (exact) mass is 282 g/mol. The van der Waals surface area contributed by atoms with E-state index in [1.54, 1.807) is 6.33 Å². The van der Waals surface area contributed by atoms with E-state index in [0.29, 0.717) is 5.65 Å². The summed E-state index contributed by atoms with van der Waals surface area (Å²) >= 11 is 5.91. The average Bonchev–Trinajstić information content (AvgIpc) is 2.76. The van der Waals surface area contributed by atoms with Crippen molar-refractivity contribution in [3.8, 4) is 0 Å². The number of halogens is 1. The highest BCUT2D eigenvalue weighted by Crippen LogP contribution is 2.20. The van der Waals surface area contributed by atoms with Crippen molar-refractivity contribution in [1.82, 2.24) is 24.4 Å². The van der Waals surface area contributed by atoms with E-state index in [0.717, 1.165) is 37.5 Å². The van der Waals surface area contributed by atoms with E-state index >= 15 is 0 Å². The lowest BCUT2D eigenvalue weighted by molar-refractivity contribution is 0.316. The second kappa shape index (κ2) is 6.16. The first-order valence-electron chi connectivity index (χ1n) is 6.46. The third kappa shape index (κ3) is 3.13. The Balaban J connectivity index is 2.13. The van der Waals surface area contributed by atoms with Crippen molar-refractivity contribution in [3.05, 3.63) is 11.6 Å². The molecule has 0 aliphatic rings. The molecule has 19 heavy (non-hydrogen) atoms. The molecular formula is C12H19ClN6. The van der Waals surface area contributed by atoms with Crippen LogP contribution in [0.25, 0.3) is 11.2 Å². The van der Waals surface area contributed by atoms with Crippen molar-refractivity contribution < 1.29 is 0 Å². The van der Waals surface area contributed by atoms with E-state index < -0.39 is 0 Å². The molecule has 2 aromatic rings. The van der Waals surface area contributed by atoms with Crippen LogP contribution < -0.4 is 5.32 Å². The SMILES string of the molecule is CCN(CC)CCNc1nc(Cl)nc2ncn(C)c12. The quantitative estimate of drug-likeness (QED) is 0.819. The first-order valence-corrected chi connectivity index (χ1v) is 6.84. The van der Waals surface area contributed by atoms with Gasteiger partial charge in [0.25, 0.3) is 0 Å². The maximum atomic E-state index is 5.91. The van der Waals surface area contributed by atoms with Gasteiger partial charge < -0.3 is 14.8 Å². The summed E-state index contributed by atoms with van der Waals surface area (Å²) in [6.45, 7) is 8.19. The molecule has 0 amide bonds. The molecule has 2 aromatic heterocycles. The Bertz CT molecular complexity index is 548.